The molecule has 0 aliphatic heterocycles. The topological polar surface area (TPSA) is 82.5 Å². The van der Waals surface area contributed by atoms with Crippen LogP contribution in [-0.4, -0.2) is 33.8 Å². The van der Waals surface area contributed by atoms with Gasteiger partial charge in [0, 0.05) is 12.4 Å². The normalized spacial score (nSPS) is 10.7. The van der Waals surface area contributed by atoms with E-state index in [4.69, 9.17) is 22.1 Å². The molecule has 0 saturated heterocycles. The molecule has 0 radical (unpaired) electrons. The van der Waals surface area contributed by atoms with Crippen LogP contribution in [0.4, 0.5) is 0 Å². The van der Waals surface area contributed by atoms with Crippen molar-refractivity contribution in [3.05, 3.63) is 23.2 Å². The van der Waals surface area contributed by atoms with Crippen LogP contribution >= 0.6 is 11.6 Å². The number of ether oxygens (including phenoxy) is 1. The zero-order valence-corrected chi connectivity index (χ0v) is 9.23. The third kappa shape index (κ3) is 1.72. The van der Waals surface area contributed by atoms with Crippen molar-refractivity contribution in [2.75, 3.05) is 13.7 Å². The summed E-state index contributed by atoms with van der Waals surface area (Å²) in [4.78, 5) is 19.4. The Morgan fingerprint density at radius 2 is 2.31 bits per heavy atom. The molecule has 0 amide bonds. The predicted octanol–water partition coefficient (Wildman–Crippen LogP) is 0.533. The van der Waals surface area contributed by atoms with Crippen molar-refractivity contribution < 1.29 is 9.53 Å². The Labute approximate surface area is 96.0 Å². The quantitative estimate of drug-likeness (QED) is 0.792. The number of rotatable bonds is 3. The van der Waals surface area contributed by atoms with E-state index in [0.717, 1.165) is 0 Å². The van der Waals surface area contributed by atoms with Crippen LogP contribution in [0.15, 0.2) is 12.4 Å². The number of nitrogens with two attached hydrogens (primary N) is 1. The highest BCUT2D eigenvalue weighted by molar-refractivity contribution is 6.29. The number of carbonyl (C=O) groups excluding carboxylic acids is 1. The fourth-order valence-electron chi connectivity index (χ4n) is 1.32. The van der Waals surface area contributed by atoms with E-state index in [1.807, 2.05) is 0 Å². The first-order valence-corrected chi connectivity index (χ1v) is 4.86. The summed E-state index contributed by atoms with van der Waals surface area (Å²) in [5.41, 5.74) is 5.96. The summed E-state index contributed by atoms with van der Waals surface area (Å²) in [5, 5.41) is 0.258. The van der Waals surface area contributed by atoms with Crippen LogP contribution in [0.25, 0.3) is 5.65 Å². The third-order valence-corrected chi connectivity index (χ3v) is 2.22. The van der Waals surface area contributed by atoms with Gasteiger partial charge in [0.1, 0.15) is 10.8 Å². The molecule has 0 aliphatic carbocycles. The lowest BCUT2D eigenvalue weighted by Gasteiger charge is -2.00. The number of ketones is 1. The molecule has 2 aromatic heterocycles. The van der Waals surface area contributed by atoms with Crippen LogP contribution in [0.1, 0.15) is 10.5 Å². The maximum Gasteiger partial charge on any atom is 0.259 e. The van der Waals surface area contributed by atoms with E-state index < -0.39 is 0 Å². The van der Waals surface area contributed by atoms with Gasteiger partial charge >= 0.3 is 0 Å². The molecular weight excluding hydrogens is 232 g/mol. The van der Waals surface area contributed by atoms with Gasteiger partial charge in [-0.2, -0.15) is 4.98 Å². The molecule has 0 bridgehead atoms. The van der Waals surface area contributed by atoms with Gasteiger partial charge in [0.05, 0.1) is 13.7 Å². The van der Waals surface area contributed by atoms with E-state index in [2.05, 4.69) is 9.97 Å². The second-order valence-corrected chi connectivity index (χ2v) is 3.44. The highest BCUT2D eigenvalue weighted by Crippen LogP contribution is 2.19. The van der Waals surface area contributed by atoms with E-state index in [0.29, 0.717) is 5.65 Å². The Kier molecular flexibility index (Phi) is 2.76. The van der Waals surface area contributed by atoms with Gasteiger partial charge in [-0.25, -0.2) is 4.98 Å². The molecule has 16 heavy (non-hydrogen) atoms. The minimum atomic E-state index is -0.248. The molecule has 0 spiro atoms. The highest BCUT2D eigenvalue weighted by Gasteiger charge is 2.13. The van der Waals surface area contributed by atoms with Crippen molar-refractivity contribution in [3.8, 4) is 5.88 Å². The molecule has 2 heterocycles. The van der Waals surface area contributed by atoms with Crippen molar-refractivity contribution in [1.29, 1.82) is 0 Å². The Hall–Kier alpha value is -1.66. The number of hydrogen-bond acceptors (Lipinski definition) is 5. The van der Waals surface area contributed by atoms with Gasteiger partial charge < -0.3 is 10.5 Å². The number of halogens is 1. The van der Waals surface area contributed by atoms with Gasteiger partial charge in [-0.05, 0) is 0 Å². The van der Waals surface area contributed by atoms with E-state index in [-0.39, 0.29) is 29.1 Å². The number of nitrogens with zero attached hydrogens (tertiary/aromatic N) is 3. The fourth-order valence-corrected chi connectivity index (χ4v) is 1.50. The molecule has 0 aliphatic rings. The molecule has 2 N–H and O–H groups in total. The van der Waals surface area contributed by atoms with Crippen LogP contribution in [0.2, 0.25) is 5.15 Å². The molecule has 0 saturated carbocycles. The van der Waals surface area contributed by atoms with E-state index >= 15 is 0 Å². The fraction of sp³-hybridized carbons (Fsp3) is 0.222. The van der Waals surface area contributed by atoms with Gasteiger partial charge in [0.2, 0.25) is 5.65 Å². The monoisotopic (exact) mass is 240 g/mol. The number of methoxy groups -OCH3 is 1. The lowest BCUT2D eigenvalue weighted by molar-refractivity contribution is 0.0997. The van der Waals surface area contributed by atoms with Crippen molar-refractivity contribution >= 4 is 23.0 Å². The zero-order valence-electron chi connectivity index (χ0n) is 8.48. The zero-order chi connectivity index (χ0) is 11.7. The van der Waals surface area contributed by atoms with Gasteiger partial charge in [-0.3, -0.25) is 9.20 Å². The van der Waals surface area contributed by atoms with Crippen LogP contribution in [0.3, 0.4) is 0 Å². The number of aromatic nitrogens is 3. The largest absolute Gasteiger partial charge is 0.478 e. The standard InChI is InChI=1S/C9H9ClN4O2/c1-16-9-8-12-5(6(15)2-11)3-14(8)4-7(10)13-9/h3-4H,2,11H2,1H3. The Bertz CT molecular complexity index is 552. The number of imidazole rings is 1. The lowest BCUT2D eigenvalue weighted by atomic mass is 10.3. The first-order valence-electron chi connectivity index (χ1n) is 4.48. The molecule has 0 atom stereocenters. The van der Waals surface area contributed by atoms with Crippen molar-refractivity contribution in [2.24, 2.45) is 5.73 Å². The Morgan fingerprint density at radius 3 is 2.94 bits per heavy atom. The van der Waals surface area contributed by atoms with Gasteiger partial charge in [0.15, 0.2) is 5.78 Å². The molecule has 2 rings (SSSR count). The van der Waals surface area contributed by atoms with Crippen LogP contribution < -0.4 is 10.5 Å². The van der Waals surface area contributed by atoms with E-state index in [9.17, 15) is 4.79 Å². The predicted molar refractivity (Wildman–Crippen MR) is 57.9 cm³/mol. The van der Waals surface area contributed by atoms with Crippen LogP contribution in [0, 0.1) is 0 Å². The number of carbonyl (C=O) groups is 1. The summed E-state index contributed by atoms with van der Waals surface area (Å²) in [6, 6.07) is 0. The minimum Gasteiger partial charge on any atom is -0.478 e. The smallest absolute Gasteiger partial charge is 0.259 e. The summed E-state index contributed by atoms with van der Waals surface area (Å²) in [6.07, 6.45) is 3.08. The highest BCUT2D eigenvalue weighted by atomic mass is 35.5. The first-order chi connectivity index (χ1) is 7.65. The number of hydrogen-bond donors (Lipinski definition) is 1. The van der Waals surface area contributed by atoms with Crippen molar-refractivity contribution in [1.82, 2.24) is 14.4 Å². The van der Waals surface area contributed by atoms with Crippen LogP contribution in [0.5, 0.6) is 5.88 Å². The van der Waals surface area contributed by atoms with Gasteiger partial charge in [0.25, 0.3) is 5.88 Å². The molecule has 84 valence electrons. The minimum absolute atomic E-state index is 0.0899. The summed E-state index contributed by atoms with van der Waals surface area (Å²) in [7, 11) is 1.46. The number of fused-ring (bicyclic) bond motifs is 1. The van der Waals surface area contributed by atoms with Gasteiger partial charge in [-0.1, -0.05) is 11.6 Å². The Balaban J connectivity index is 2.64. The van der Waals surface area contributed by atoms with Crippen LogP contribution in [-0.2, 0) is 0 Å². The average molecular weight is 241 g/mol. The molecule has 7 heteroatoms. The second-order valence-electron chi connectivity index (χ2n) is 3.06. The van der Waals surface area contributed by atoms with Crippen molar-refractivity contribution in [2.45, 2.75) is 0 Å². The molecule has 2 aromatic rings. The van der Waals surface area contributed by atoms with E-state index in [1.54, 1.807) is 16.8 Å². The summed E-state index contributed by atoms with van der Waals surface area (Å²) in [5.74, 6) is 0.0189. The molecule has 0 aromatic carbocycles. The van der Waals surface area contributed by atoms with Crippen molar-refractivity contribution in [3.63, 3.8) is 0 Å². The second kappa shape index (κ2) is 4.07. The SMILES string of the molecule is COc1nc(Cl)cn2cc(C(=O)CN)nc12. The maximum absolute atomic E-state index is 11.4. The molecular formula is C9H9ClN4O2. The average Bonchev–Trinajstić information content (AvgIpc) is 2.70. The first kappa shape index (κ1) is 10.8. The summed E-state index contributed by atoms with van der Waals surface area (Å²) in [6.45, 7) is -0.0899. The number of Topliss-reactive ketones (excluding diaryl/α,β-unsaturated/α-hetero) is 1. The summed E-state index contributed by atoms with van der Waals surface area (Å²) >= 11 is 5.78. The molecule has 0 unspecified atom stereocenters. The Morgan fingerprint density at radius 1 is 1.56 bits per heavy atom. The third-order valence-electron chi connectivity index (χ3n) is 2.04. The molecule has 0 fully saturated rings. The molecule has 6 nitrogen and oxygen atoms in total. The lowest BCUT2D eigenvalue weighted by Crippen LogP contribution is -2.13. The van der Waals surface area contributed by atoms with E-state index in [1.165, 1.54) is 7.11 Å². The maximum atomic E-state index is 11.4. The van der Waals surface area contributed by atoms with Gasteiger partial charge in [-0.15, -0.1) is 0 Å². The summed E-state index contributed by atoms with van der Waals surface area (Å²) < 4.78 is 6.59.